The van der Waals surface area contributed by atoms with Gasteiger partial charge >= 0.3 is 0 Å². The minimum absolute atomic E-state index is 0.371. The van der Waals surface area contributed by atoms with Crippen LogP contribution in [0.2, 0.25) is 5.02 Å². The van der Waals surface area contributed by atoms with Gasteiger partial charge in [-0.3, -0.25) is 0 Å². The number of benzene rings is 1. The van der Waals surface area contributed by atoms with Crippen molar-refractivity contribution >= 4 is 50.1 Å². The molecule has 3 nitrogen and oxygen atoms in total. The average Bonchev–Trinajstić information content (AvgIpc) is 2.48. The second-order valence-corrected chi connectivity index (χ2v) is 7.47. The fraction of sp³-hybridized carbons (Fsp3) is 0.312. The highest BCUT2D eigenvalue weighted by Gasteiger charge is 2.10. The summed E-state index contributed by atoms with van der Waals surface area (Å²) in [7, 11) is 1.60. The van der Waals surface area contributed by atoms with E-state index in [9.17, 15) is 0 Å². The molecule has 1 heterocycles. The van der Waals surface area contributed by atoms with Crippen molar-refractivity contribution in [1.29, 1.82) is 0 Å². The molecule has 1 aromatic carbocycles. The lowest BCUT2D eigenvalue weighted by Gasteiger charge is -2.15. The van der Waals surface area contributed by atoms with Gasteiger partial charge in [0.15, 0.2) is 5.75 Å². The van der Waals surface area contributed by atoms with E-state index in [1.165, 1.54) is 5.56 Å². The molecule has 0 saturated carbocycles. The normalized spacial score (nSPS) is 12.0. The van der Waals surface area contributed by atoms with Crippen LogP contribution in [0.1, 0.15) is 12.5 Å². The van der Waals surface area contributed by atoms with Gasteiger partial charge in [0.05, 0.1) is 23.5 Å². The van der Waals surface area contributed by atoms with Gasteiger partial charge in [0.2, 0.25) is 5.88 Å². The summed E-state index contributed by atoms with van der Waals surface area (Å²) in [5, 5.41) is 0.735. The average molecular weight is 497 g/mol. The molecule has 2 aromatic rings. The number of nitrogens with zero attached hydrogens (tertiary/aromatic N) is 1. The molecule has 1 atom stereocenters. The molecular formula is C16H16BrClINO2. The zero-order chi connectivity index (χ0) is 16.1. The Morgan fingerprint density at radius 3 is 2.77 bits per heavy atom. The number of halogens is 3. The Bertz CT molecular complexity index is 654. The van der Waals surface area contributed by atoms with Crippen LogP contribution < -0.4 is 9.47 Å². The zero-order valence-electron chi connectivity index (χ0n) is 12.3. The van der Waals surface area contributed by atoms with Crippen molar-refractivity contribution in [3.8, 4) is 11.6 Å². The van der Waals surface area contributed by atoms with Crippen LogP contribution in [0, 0.1) is 9.49 Å². The second kappa shape index (κ2) is 8.36. The number of hydrogen-bond donors (Lipinski definition) is 0. The van der Waals surface area contributed by atoms with Gasteiger partial charge < -0.3 is 9.47 Å². The van der Waals surface area contributed by atoms with E-state index in [1.54, 1.807) is 13.3 Å². The Balaban J connectivity index is 1.94. The molecule has 0 fully saturated rings. The highest BCUT2D eigenvalue weighted by atomic mass is 127. The van der Waals surface area contributed by atoms with E-state index in [0.29, 0.717) is 18.4 Å². The number of hydrogen-bond acceptors (Lipinski definition) is 3. The van der Waals surface area contributed by atoms with E-state index >= 15 is 0 Å². The first kappa shape index (κ1) is 17.8. The summed E-state index contributed by atoms with van der Waals surface area (Å²) < 4.78 is 13.0. The zero-order valence-corrected chi connectivity index (χ0v) is 16.8. The van der Waals surface area contributed by atoms with Crippen molar-refractivity contribution in [2.45, 2.75) is 13.3 Å². The molecule has 1 aromatic heterocycles. The molecule has 118 valence electrons. The van der Waals surface area contributed by atoms with Crippen LogP contribution in [0.5, 0.6) is 11.6 Å². The van der Waals surface area contributed by atoms with Gasteiger partial charge in [-0.25, -0.2) is 4.98 Å². The lowest BCUT2D eigenvalue weighted by atomic mass is 10.0. The van der Waals surface area contributed by atoms with Crippen LogP contribution in [0.4, 0.5) is 0 Å². The summed E-state index contributed by atoms with van der Waals surface area (Å²) in [5.74, 6) is 1.74. The summed E-state index contributed by atoms with van der Waals surface area (Å²) in [6.07, 6.45) is 2.61. The predicted octanol–water partition coefficient (Wildman–Crippen LogP) is 5.37. The summed E-state index contributed by atoms with van der Waals surface area (Å²) in [6, 6.07) is 7.73. The van der Waals surface area contributed by atoms with Gasteiger partial charge in [0, 0.05) is 15.6 Å². The number of aromatic nitrogens is 1. The van der Waals surface area contributed by atoms with Crippen molar-refractivity contribution in [1.82, 2.24) is 4.98 Å². The fourth-order valence-corrected chi connectivity index (χ4v) is 3.38. The molecule has 0 aliphatic rings. The van der Waals surface area contributed by atoms with Crippen molar-refractivity contribution in [3.63, 3.8) is 0 Å². The predicted molar refractivity (Wildman–Crippen MR) is 101 cm³/mol. The second-order valence-electron chi connectivity index (χ2n) is 5.01. The number of methoxy groups -OCH3 is 1. The molecule has 0 radical (unpaired) electrons. The largest absolute Gasteiger partial charge is 0.491 e. The number of pyridine rings is 1. The van der Waals surface area contributed by atoms with E-state index in [1.807, 2.05) is 24.3 Å². The molecule has 0 spiro atoms. The van der Waals surface area contributed by atoms with Gasteiger partial charge in [0.1, 0.15) is 0 Å². The third-order valence-corrected chi connectivity index (χ3v) is 4.93. The Labute approximate surface area is 157 Å². The van der Waals surface area contributed by atoms with E-state index in [2.05, 4.69) is 50.4 Å². The molecule has 1 unspecified atom stereocenters. The first-order chi connectivity index (χ1) is 10.5. The summed E-state index contributed by atoms with van der Waals surface area (Å²) in [4.78, 5) is 4.17. The molecule has 0 bridgehead atoms. The van der Waals surface area contributed by atoms with Crippen LogP contribution in [0.25, 0.3) is 0 Å². The Morgan fingerprint density at radius 1 is 1.36 bits per heavy atom. The minimum atomic E-state index is 0.371. The molecule has 6 heteroatoms. The standard InChI is InChI=1S/C16H16BrClINO2/c1-10(5-11-3-4-12(18)6-13(11)17)9-22-15-8-20-16(21-2)7-14(15)19/h3-4,6-8,10H,5,9H2,1-2H3. The lowest BCUT2D eigenvalue weighted by molar-refractivity contribution is 0.256. The van der Waals surface area contributed by atoms with Crippen molar-refractivity contribution in [2.24, 2.45) is 5.92 Å². The first-order valence-corrected chi connectivity index (χ1v) is 9.01. The molecule has 0 amide bonds. The van der Waals surface area contributed by atoms with Crippen LogP contribution in [-0.2, 0) is 6.42 Å². The summed E-state index contributed by atoms with van der Waals surface area (Å²) >= 11 is 11.7. The molecule has 0 saturated heterocycles. The van der Waals surface area contributed by atoms with E-state index in [4.69, 9.17) is 21.1 Å². The topological polar surface area (TPSA) is 31.4 Å². The third-order valence-electron chi connectivity index (χ3n) is 3.11. The van der Waals surface area contributed by atoms with E-state index < -0.39 is 0 Å². The maximum atomic E-state index is 5.96. The Hall–Kier alpha value is -0.530. The Morgan fingerprint density at radius 2 is 2.14 bits per heavy atom. The number of rotatable bonds is 6. The maximum absolute atomic E-state index is 5.96. The first-order valence-electron chi connectivity index (χ1n) is 6.76. The highest BCUT2D eigenvalue weighted by molar-refractivity contribution is 14.1. The minimum Gasteiger partial charge on any atom is -0.491 e. The summed E-state index contributed by atoms with van der Waals surface area (Å²) in [6.45, 7) is 2.78. The van der Waals surface area contributed by atoms with Gasteiger partial charge in [-0.15, -0.1) is 0 Å². The van der Waals surface area contributed by atoms with Gasteiger partial charge in [-0.05, 0) is 52.6 Å². The fourth-order valence-electron chi connectivity index (χ4n) is 1.97. The van der Waals surface area contributed by atoms with Crippen LogP contribution in [-0.4, -0.2) is 18.7 Å². The Kier molecular flexibility index (Phi) is 6.77. The van der Waals surface area contributed by atoms with Crippen molar-refractivity contribution in [2.75, 3.05) is 13.7 Å². The monoisotopic (exact) mass is 495 g/mol. The molecule has 22 heavy (non-hydrogen) atoms. The lowest BCUT2D eigenvalue weighted by Crippen LogP contribution is -2.12. The molecular weight excluding hydrogens is 480 g/mol. The smallest absolute Gasteiger partial charge is 0.214 e. The van der Waals surface area contributed by atoms with Crippen LogP contribution in [0.15, 0.2) is 34.9 Å². The van der Waals surface area contributed by atoms with Crippen LogP contribution >= 0.6 is 50.1 Å². The van der Waals surface area contributed by atoms with Crippen LogP contribution in [0.3, 0.4) is 0 Å². The molecule has 0 aliphatic carbocycles. The maximum Gasteiger partial charge on any atom is 0.214 e. The highest BCUT2D eigenvalue weighted by Crippen LogP contribution is 2.26. The molecule has 2 rings (SSSR count). The van der Waals surface area contributed by atoms with Crippen molar-refractivity contribution in [3.05, 3.63) is 49.1 Å². The van der Waals surface area contributed by atoms with Gasteiger partial charge in [0.25, 0.3) is 0 Å². The van der Waals surface area contributed by atoms with Gasteiger partial charge in [-0.1, -0.05) is 40.5 Å². The number of ether oxygens (including phenoxy) is 2. The molecule has 0 aliphatic heterocycles. The van der Waals surface area contributed by atoms with Gasteiger partial charge in [-0.2, -0.15) is 0 Å². The van der Waals surface area contributed by atoms with E-state index in [0.717, 1.165) is 25.2 Å². The van der Waals surface area contributed by atoms with E-state index in [-0.39, 0.29) is 0 Å². The summed E-state index contributed by atoms with van der Waals surface area (Å²) in [5.41, 5.74) is 1.23. The SMILES string of the molecule is COc1cc(I)c(OCC(C)Cc2ccc(Cl)cc2Br)cn1. The quantitative estimate of drug-likeness (QED) is 0.504. The third kappa shape index (κ3) is 4.99. The molecule has 0 N–H and O–H groups in total. The van der Waals surface area contributed by atoms with Crippen molar-refractivity contribution < 1.29 is 9.47 Å².